The van der Waals surface area contributed by atoms with Crippen LogP contribution in [0.4, 0.5) is 16.2 Å². The highest BCUT2D eigenvalue weighted by Crippen LogP contribution is 2.16. The van der Waals surface area contributed by atoms with Crippen molar-refractivity contribution in [2.45, 2.75) is 26.4 Å². The largest absolute Gasteiger partial charge is 0.444 e. The summed E-state index contributed by atoms with van der Waals surface area (Å²) < 4.78 is 5.13. The van der Waals surface area contributed by atoms with E-state index in [0.29, 0.717) is 11.4 Å². The van der Waals surface area contributed by atoms with Crippen molar-refractivity contribution < 1.29 is 9.53 Å². The van der Waals surface area contributed by atoms with Crippen LogP contribution in [0.2, 0.25) is 0 Å². The van der Waals surface area contributed by atoms with Gasteiger partial charge in [-0.3, -0.25) is 10.7 Å². The fourth-order valence-corrected chi connectivity index (χ4v) is 1.28. The molecule has 21 heavy (non-hydrogen) atoms. The molecule has 0 aliphatic carbocycles. The summed E-state index contributed by atoms with van der Waals surface area (Å²) in [6, 6.07) is 9.89. The molecule has 1 aromatic carbocycles. The van der Waals surface area contributed by atoms with Crippen LogP contribution in [-0.2, 0) is 4.74 Å². The number of ether oxygens (including phenoxy) is 1. The summed E-state index contributed by atoms with van der Waals surface area (Å²) in [5, 5.41) is 23.3. The molecule has 7 heteroatoms. The highest BCUT2D eigenvalue weighted by atomic mass is 16.6. The fraction of sp³-hybridized carbons (Fsp3) is 0.286. The molecule has 0 heterocycles. The lowest BCUT2D eigenvalue weighted by molar-refractivity contribution is 0.0636. The SMILES string of the molecule is CC(C)(C)OC(=O)Nc1cccc(NN=C(C#N)C#N)c1. The van der Waals surface area contributed by atoms with Crippen molar-refractivity contribution in [1.82, 2.24) is 0 Å². The van der Waals surface area contributed by atoms with Gasteiger partial charge < -0.3 is 4.74 Å². The molecule has 2 N–H and O–H groups in total. The highest BCUT2D eigenvalue weighted by molar-refractivity contribution is 6.10. The van der Waals surface area contributed by atoms with E-state index in [2.05, 4.69) is 15.8 Å². The van der Waals surface area contributed by atoms with Crippen molar-refractivity contribution >= 4 is 23.2 Å². The van der Waals surface area contributed by atoms with E-state index >= 15 is 0 Å². The van der Waals surface area contributed by atoms with Crippen LogP contribution in [0.5, 0.6) is 0 Å². The predicted molar refractivity (Wildman–Crippen MR) is 78.6 cm³/mol. The van der Waals surface area contributed by atoms with Gasteiger partial charge in [-0.1, -0.05) is 6.07 Å². The normalized spacial score (nSPS) is 9.76. The molecule has 0 bridgehead atoms. The lowest BCUT2D eigenvalue weighted by Crippen LogP contribution is -2.27. The minimum atomic E-state index is -0.585. The molecule has 0 saturated heterocycles. The molecular weight excluding hydrogens is 270 g/mol. The molecule has 0 unspecified atom stereocenters. The first kappa shape index (κ1) is 16.0. The van der Waals surface area contributed by atoms with Gasteiger partial charge in [0.25, 0.3) is 0 Å². The highest BCUT2D eigenvalue weighted by Gasteiger charge is 2.16. The van der Waals surface area contributed by atoms with Gasteiger partial charge in [0.15, 0.2) is 0 Å². The maximum Gasteiger partial charge on any atom is 0.412 e. The molecule has 1 amide bonds. The minimum Gasteiger partial charge on any atom is -0.444 e. The number of anilines is 2. The molecule has 0 spiro atoms. The van der Waals surface area contributed by atoms with Gasteiger partial charge in [-0.2, -0.15) is 15.6 Å². The molecule has 0 saturated carbocycles. The Balaban J connectivity index is 2.74. The van der Waals surface area contributed by atoms with E-state index in [1.165, 1.54) is 0 Å². The second-order valence-electron chi connectivity index (χ2n) is 5.00. The number of nitrogens with one attached hydrogen (secondary N) is 2. The zero-order valence-electron chi connectivity index (χ0n) is 12.0. The van der Waals surface area contributed by atoms with Gasteiger partial charge >= 0.3 is 6.09 Å². The Morgan fingerprint density at radius 3 is 2.43 bits per heavy atom. The smallest absolute Gasteiger partial charge is 0.412 e. The summed E-state index contributed by atoms with van der Waals surface area (Å²) in [5.74, 6) is 0. The monoisotopic (exact) mass is 285 g/mol. The van der Waals surface area contributed by atoms with E-state index < -0.39 is 11.7 Å². The second kappa shape index (κ2) is 6.92. The molecule has 1 aromatic rings. The van der Waals surface area contributed by atoms with E-state index in [1.807, 2.05) is 0 Å². The number of amides is 1. The average molecular weight is 285 g/mol. The number of nitrogens with zero attached hydrogens (tertiary/aromatic N) is 3. The van der Waals surface area contributed by atoms with Crippen LogP contribution >= 0.6 is 0 Å². The quantitative estimate of drug-likeness (QED) is 0.655. The Morgan fingerprint density at radius 1 is 1.24 bits per heavy atom. The number of benzene rings is 1. The zero-order chi connectivity index (χ0) is 15.9. The summed E-state index contributed by atoms with van der Waals surface area (Å²) in [4.78, 5) is 11.6. The van der Waals surface area contributed by atoms with Crippen LogP contribution in [0, 0.1) is 22.7 Å². The number of hydrogen-bond acceptors (Lipinski definition) is 6. The Bertz CT molecular complexity index is 616. The molecule has 7 nitrogen and oxygen atoms in total. The molecule has 0 radical (unpaired) electrons. The van der Waals surface area contributed by atoms with Crippen molar-refractivity contribution in [3.05, 3.63) is 24.3 Å². The molecular formula is C14H15N5O2. The summed E-state index contributed by atoms with van der Waals surface area (Å²) in [6.07, 6.45) is -0.571. The Kier molecular flexibility index (Phi) is 5.27. The van der Waals surface area contributed by atoms with E-state index in [1.54, 1.807) is 57.2 Å². The van der Waals surface area contributed by atoms with E-state index in [-0.39, 0.29) is 5.71 Å². The molecule has 0 atom stereocenters. The number of hydrazone groups is 1. The summed E-state index contributed by atoms with van der Waals surface area (Å²) in [7, 11) is 0. The number of rotatable bonds is 3. The Morgan fingerprint density at radius 2 is 1.86 bits per heavy atom. The fourth-order valence-electron chi connectivity index (χ4n) is 1.28. The molecule has 108 valence electrons. The zero-order valence-corrected chi connectivity index (χ0v) is 12.0. The number of nitriles is 2. The van der Waals surface area contributed by atoms with Crippen molar-refractivity contribution in [3.63, 3.8) is 0 Å². The number of carbonyl (C=O) groups excluding carboxylic acids is 1. The summed E-state index contributed by atoms with van der Waals surface area (Å²) >= 11 is 0. The average Bonchev–Trinajstić information content (AvgIpc) is 2.38. The maximum atomic E-state index is 11.6. The second-order valence-corrected chi connectivity index (χ2v) is 5.00. The first-order valence-corrected chi connectivity index (χ1v) is 6.08. The number of carbonyl (C=O) groups is 1. The summed E-state index contributed by atoms with van der Waals surface area (Å²) in [6.45, 7) is 5.31. The first-order chi connectivity index (χ1) is 9.84. The summed E-state index contributed by atoms with van der Waals surface area (Å²) in [5.41, 5.74) is 2.70. The van der Waals surface area contributed by atoms with Crippen LogP contribution in [0.25, 0.3) is 0 Å². The van der Waals surface area contributed by atoms with Crippen molar-refractivity contribution in [3.8, 4) is 12.1 Å². The Labute approximate surface area is 122 Å². The molecule has 0 aromatic heterocycles. The third-order valence-electron chi connectivity index (χ3n) is 2.02. The van der Waals surface area contributed by atoms with Crippen LogP contribution in [0.15, 0.2) is 29.4 Å². The maximum absolute atomic E-state index is 11.6. The standard InChI is InChI=1S/C14H15N5O2/c1-14(2,3)21-13(20)17-10-5-4-6-11(7-10)18-19-12(8-15)9-16/h4-7,18H,1-3H3,(H,17,20). The Hall–Kier alpha value is -3.06. The van der Waals surface area contributed by atoms with Crippen LogP contribution in [0.1, 0.15) is 20.8 Å². The minimum absolute atomic E-state index is 0.291. The van der Waals surface area contributed by atoms with Gasteiger partial charge in [0.2, 0.25) is 5.71 Å². The molecule has 1 rings (SSSR count). The van der Waals surface area contributed by atoms with Gasteiger partial charge in [-0.25, -0.2) is 4.79 Å². The third kappa shape index (κ3) is 6.08. The predicted octanol–water partition coefficient (Wildman–Crippen LogP) is 2.85. The van der Waals surface area contributed by atoms with E-state index in [9.17, 15) is 4.79 Å². The van der Waals surface area contributed by atoms with Gasteiger partial charge in [0.05, 0.1) is 5.69 Å². The number of hydrogen-bond donors (Lipinski definition) is 2. The van der Waals surface area contributed by atoms with Gasteiger partial charge in [-0.15, -0.1) is 0 Å². The van der Waals surface area contributed by atoms with Crippen LogP contribution < -0.4 is 10.7 Å². The lowest BCUT2D eigenvalue weighted by atomic mass is 10.2. The molecule has 0 aliphatic rings. The molecule has 0 aliphatic heterocycles. The van der Waals surface area contributed by atoms with Crippen LogP contribution in [-0.4, -0.2) is 17.4 Å². The van der Waals surface area contributed by atoms with Gasteiger partial charge in [-0.05, 0) is 39.0 Å². The van der Waals surface area contributed by atoms with Gasteiger partial charge in [0.1, 0.15) is 17.7 Å². The van der Waals surface area contributed by atoms with Gasteiger partial charge in [0, 0.05) is 5.69 Å². The van der Waals surface area contributed by atoms with E-state index in [4.69, 9.17) is 15.3 Å². The first-order valence-electron chi connectivity index (χ1n) is 6.08. The van der Waals surface area contributed by atoms with Crippen LogP contribution in [0.3, 0.4) is 0 Å². The van der Waals surface area contributed by atoms with Crippen molar-refractivity contribution in [2.75, 3.05) is 10.7 Å². The topological polar surface area (TPSA) is 110 Å². The van der Waals surface area contributed by atoms with E-state index in [0.717, 1.165) is 0 Å². The van der Waals surface area contributed by atoms with Crippen molar-refractivity contribution in [2.24, 2.45) is 5.10 Å². The lowest BCUT2D eigenvalue weighted by Gasteiger charge is -2.19. The van der Waals surface area contributed by atoms with Crippen molar-refractivity contribution in [1.29, 1.82) is 10.5 Å². The molecule has 0 fully saturated rings. The third-order valence-corrected chi connectivity index (χ3v) is 2.02.